The standard InChI is InChI=1S/C17H16Cl2O2/c1-12-3-2-4-16(9-12)21-8-7-15(20)10-13-5-6-14(18)11-17(13)19/h2-6,9,11H,7-8,10H2,1H3. The van der Waals surface area contributed by atoms with Gasteiger partial charge < -0.3 is 4.74 Å². The van der Waals surface area contributed by atoms with E-state index >= 15 is 0 Å². The molecule has 4 heteroatoms. The van der Waals surface area contributed by atoms with Crippen molar-refractivity contribution < 1.29 is 9.53 Å². The Morgan fingerprint density at radius 3 is 2.67 bits per heavy atom. The number of ketones is 1. The SMILES string of the molecule is Cc1cccc(OCCC(=O)Cc2ccc(Cl)cc2Cl)c1. The lowest BCUT2D eigenvalue weighted by Gasteiger charge is -2.07. The molecule has 21 heavy (non-hydrogen) atoms. The first-order chi connectivity index (χ1) is 10.0. The van der Waals surface area contributed by atoms with Crippen molar-refractivity contribution in [3.63, 3.8) is 0 Å². The van der Waals surface area contributed by atoms with Crippen LogP contribution in [0.4, 0.5) is 0 Å². The molecule has 0 aliphatic carbocycles. The predicted molar refractivity (Wildman–Crippen MR) is 86.5 cm³/mol. The zero-order valence-corrected chi connectivity index (χ0v) is 13.2. The zero-order chi connectivity index (χ0) is 15.2. The van der Waals surface area contributed by atoms with Crippen LogP contribution >= 0.6 is 23.2 Å². The molecule has 0 spiro atoms. The molecule has 0 N–H and O–H groups in total. The lowest BCUT2D eigenvalue weighted by atomic mass is 10.1. The molecule has 0 aromatic heterocycles. The van der Waals surface area contributed by atoms with E-state index in [-0.39, 0.29) is 5.78 Å². The summed E-state index contributed by atoms with van der Waals surface area (Å²) in [5, 5.41) is 1.09. The van der Waals surface area contributed by atoms with Crippen LogP contribution in [0.5, 0.6) is 5.75 Å². The van der Waals surface area contributed by atoms with Gasteiger partial charge in [0.25, 0.3) is 0 Å². The average molecular weight is 323 g/mol. The highest BCUT2D eigenvalue weighted by molar-refractivity contribution is 6.35. The minimum Gasteiger partial charge on any atom is -0.493 e. The van der Waals surface area contributed by atoms with Crippen LogP contribution in [-0.2, 0) is 11.2 Å². The number of halogens is 2. The minimum atomic E-state index is 0.0897. The van der Waals surface area contributed by atoms with Crippen molar-refractivity contribution in [3.05, 3.63) is 63.6 Å². The van der Waals surface area contributed by atoms with Gasteiger partial charge in [-0.3, -0.25) is 4.79 Å². The van der Waals surface area contributed by atoms with Gasteiger partial charge in [0.1, 0.15) is 11.5 Å². The maximum atomic E-state index is 11.9. The lowest BCUT2D eigenvalue weighted by molar-refractivity contribution is -0.118. The van der Waals surface area contributed by atoms with Crippen molar-refractivity contribution in [1.82, 2.24) is 0 Å². The molecular formula is C17H16Cl2O2. The second-order valence-electron chi connectivity index (χ2n) is 4.87. The van der Waals surface area contributed by atoms with Gasteiger partial charge in [0.15, 0.2) is 0 Å². The number of benzene rings is 2. The van der Waals surface area contributed by atoms with Gasteiger partial charge >= 0.3 is 0 Å². The van der Waals surface area contributed by atoms with E-state index in [1.54, 1.807) is 18.2 Å². The molecular weight excluding hydrogens is 307 g/mol. The number of hydrogen-bond acceptors (Lipinski definition) is 2. The van der Waals surface area contributed by atoms with Gasteiger partial charge in [-0.15, -0.1) is 0 Å². The molecule has 0 heterocycles. The van der Waals surface area contributed by atoms with E-state index in [1.807, 2.05) is 31.2 Å². The molecule has 0 saturated carbocycles. The Labute approximate surface area is 134 Å². The molecule has 110 valence electrons. The monoisotopic (exact) mass is 322 g/mol. The quantitative estimate of drug-likeness (QED) is 0.757. The van der Waals surface area contributed by atoms with Gasteiger partial charge in [0.2, 0.25) is 0 Å². The fourth-order valence-electron chi connectivity index (χ4n) is 1.95. The second kappa shape index (κ2) is 7.48. The van der Waals surface area contributed by atoms with Crippen molar-refractivity contribution in [2.45, 2.75) is 19.8 Å². The minimum absolute atomic E-state index is 0.0897. The smallest absolute Gasteiger partial charge is 0.140 e. The normalized spacial score (nSPS) is 10.4. The highest BCUT2D eigenvalue weighted by Crippen LogP contribution is 2.21. The van der Waals surface area contributed by atoms with Crippen molar-refractivity contribution in [2.24, 2.45) is 0 Å². The Hall–Kier alpha value is -1.51. The first kappa shape index (κ1) is 15.9. The molecule has 2 rings (SSSR count). The van der Waals surface area contributed by atoms with Crippen LogP contribution in [0.25, 0.3) is 0 Å². The Balaban J connectivity index is 1.82. The van der Waals surface area contributed by atoms with Crippen LogP contribution in [0.3, 0.4) is 0 Å². The zero-order valence-electron chi connectivity index (χ0n) is 11.7. The Kier molecular flexibility index (Phi) is 5.66. The number of aryl methyl sites for hydroxylation is 1. The molecule has 0 aliphatic rings. The van der Waals surface area contributed by atoms with Crippen LogP contribution in [0, 0.1) is 6.92 Å². The van der Waals surface area contributed by atoms with Crippen LogP contribution in [0.2, 0.25) is 10.0 Å². The maximum Gasteiger partial charge on any atom is 0.140 e. The van der Waals surface area contributed by atoms with E-state index in [0.29, 0.717) is 29.5 Å². The van der Waals surface area contributed by atoms with Gasteiger partial charge in [0, 0.05) is 22.9 Å². The number of carbonyl (C=O) groups is 1. The summed E-state index contributed by atoms with van der Waals surface area (Å²) < 4.78 is 5.57. The number of carbonyl (C=O) groups excluding carboxylic acids is 1. The van der Waals surface area contributed by atoms with Crippen molar-refractivity contribution in [1.29, 1.82) is 0 Å². The van der Waals surface area contributed by atoms with Gasteiger partial charge in [0.05, 0.1) is 6.61 Å². The summed E-state index contributed by atoms with van der Waals surface area (Å²) in [5.41, 5.74) is 1.92. The maximum absolute atomic E-state index is 11.9. The van der Waals surface area contributed by atoms with E-state index in [2.05, 4.69) is 0 Å². The van der Waals surface area contributed by atoms with E-state index in [1.165, 1.54) is 0 Å². The van der Waals surface area contributed by atoms with Crippen LogP contribution < -0.4 is 4.74 Å². The Morgan fingerprint density at radius 1 is 1.14 bits per heavy atom. The van der Waals surface area contributed by atoms with E-state index in [9.17, 15) is 4.79 Å². The molecule has 0 saturated heterocycles. The fourth-order valence-corrected chi connectivity index (χ4v) is 2.43. The van der Waals surface area contributed by atoms with Crippen molar-refractivity contribution in [3.8, 4) is 5.75 Å². The number of rotatable bonds is 6. The molecule has 0 amide bonds. The average Bonchev–Trinajstić information content (AvgIpc) is 2.42. The van der Waals surface area contributed by atoms with E-state index in [0.717, 1.165) is 16.9 Å². The topological polar surface area (TPSA) is 26.3 Å². The summed E-state index contributed by atoms with van der Waals surface area (Å²) in [7, 11) is 0. The lowest BCUT2D eigenvalue weighted by Crippen LogP contribution is -2.09. The molecule has 2 nitrogen and oxygen atoms in total. The first-order valence-corrected chi connectivity index (χ1v) is 7.45. The third-order valence-corrected chi connectivity index (χ3v) is 3.63. The van der Waals surface area contributed by atoms with Crippen LogP contribution in [0.15, 0.2) is 42.5 Å². The Bertz CT molecular complexity index is 638. The van der Waals surface area contributed by atoms with Crippen molar-refractivity contribution >= 4 is 29.0 Å². The van der Waals surface area contributed by atoms with Gasteiger partial charge in [-0.05, 0) is 42.3 Å². The van der Waals surface area contributed by atoms with Gasteiger partial charge in [-0.1, -0.05) is 41.4 Å². The molecule has 0 radical (unpaired) electrons. The van der Waals surface area contributed by atoms with Gasteiger partial charge in [-0.25, -0.2) is 0 Å². The third kappa shape index (κ3) is 5.07. The Morgan fingerprint density at radius 2 is 1.95 bits per heavy atom. The summed E-state index contributed by atoms with van der Waals surface area (Å²) in [4.78, 5) is 11.9. The highest BCUT2D eigenvalue weighted by atomic mass is 35.5. The van der Waals surface area contributed by atoms with Crippen LogP contribution in [-0.4, -0.2) is 12.4 Å². The fraction of sp³-hybridized carbons (Fsp3) is 0.235. The molecule has 0 aliphatic heterocycles. The third-order valence-electron chi connectivity index (χ3n) is 3.04. The van der Waals surface area contributed by atoms with E-state index in [4.69, 9.17) is 27.9 Å². The summed E-state index contributed by atoms with van der Waals surface area (Å²) in [6.45, 7) is 2.37. The molecule has 0 unspecified atom stereocenters. The number of ether oxygens (including phenoxy) is 1. The molecule has 2 aromatic rings. The van der Waals surface area contributed by atoms with Crippen LogP contribution in [0.1, 0.15) is 17.5 Å². The summed E-state index contributed by atoms with van der Waals surface area (Å²) in [6.07, 6.45) is 0.653. The largest absolute Gasteiger partial charge is 0.493 e. The summed E-state index contributed by atoms with van der Waals surface area (Å²) >= 11 is 11.9. The molecule has 2 aromatic carbocycles. The van der Waals surface area contributed by atoms with Gasteiger partial charge in [-0.2, -0.15) is 0 Å². The van der Waals surface area contributed by atoms with Crippen molar-refractivity contribution in [2.75, 3.05) is 6.61 Å². The highest BCUT2D eigenvalue weighted by Gasteiger charge is 2.08. The van der Waals surface area contributed by atoms with E-state index < -0.39 is 0 Å². The first-order valence-electron chi connectivity index (χ1n) is 6.69. The molecule has 0 bridgehead atoms. The predicted octanol–water partition coefficient (Wildman–Crippen LogP) is 4.88. The second-order valence-corrected chi connectivity index (χ2v) is 5.71. The molecule has 0 atom stereocenters. The number of Topliss-reactive ketones (excluding diaryl/α,β-unsaturated/α-hetero) is 1. The number of hydrogen-bond donors (Lipinski definition) is 0. The molecule has 0 fully saturated rings. The summed E-state index contributed by atoms with van der Waals surface area (Å²) in [5.74, 6) is 0.874. The summed E-state index contributed by atoms with van der Waals surface area (Å²) in [6, 6.07) is 12.9.